The van der Waals surface area contributed by atoms with E-state index in [0.29, 0.717) is 19.4 Å². The number of carbonyl (C=O) groups excluding carboxylic acids is 2. The highest BCUT2D eigenvalue weighted by molar-refractivity contribution is 7.91. The minimum atomic E-state index is -3.12. The van der Waals surface area contributed by atoms with Gasteiger partial charge in [0.1, 0.15) is 6.54 Å². The molecule has 3 rings (SSSR count). The van der Waals surface area contributed by atoms with Crippen molar-refractivity contribution >= 4 is 21.8 Å². The van der Waals surface area contributed by atoms with Crippen molar-refractivity contribution in [1.82, 2.24) is 9.80 Å². The zero-order valence-corrected chi connectivity index (χ0v) is 13.0. The lowest BCUT2D eigenvalue weighted by atomic mass is 10.1. The maximum absolute atomic E-state index is 12.4. The van der Waals surface area contributed by atoms with Gasteiger partial charge in [0.05, 0.1) is 17.5 Å². The minimum absolute atomic E-state index is 0.0439. The number of imide groups is 1. The molecule has 0 saturated carbocycles. The maximum atomic E-state index is 12.4. The van der Waals surface area contributed by atoms with Gasteiger partial charge in [0.15, 0.2) is 9.84 Å². The third kappa shape index (κ3) is 2.99. The van der Waals surface area contributed by atoms with Crippen molar-refractivity contribution in [3.8, 4) is 0 Å². The van der Waals surface area contributed by atoms with E-state index in [4.69, 9.17) is 0 Å². The summed E-state index contributed by atoms with van der Waals surface area (Å²) in [6, 6.07) is 8.89. The lowest BCUT2D eigenvalue weighted by Crippen LogP contribution is -2.42. The van der Waals surface area contributed by atoms with Gasteiger partial charge in [0, 0.05) is 6.54 Å². The van der Waals surface area contributed by atoms with Crippen LogP contribution in [0.2, 0.25) is 0 Å². The van der Waals surface area contributed by atoms with E-state index in [0.717, 1.165) is 10.5 Å². The Bertz CT molecular complexity index is 687. The van der Waals surface area contributed by atoms with E-state index in [-0.39, 0.29) is 30.0 Å². The third-order valence-electron chi connectivity index (χ3n) is 4.16. The number of amides is 3. The zero-order valence-electron chi connectivity index (χ0n) is 12.1. The lowest BCUT2D eigenvalue weighted by molar-refractivity contribution is -0.126. The van der Waals surface area contributed by atoms with Crippen molar-refractivity contribution in [3.05, 3.63) is 35.9 Å². The highest BCUT2D eigenvalue weighted by Gasteiger charge is 2.44. The Morgan fingerprint density at radius 1 is 1.14 bits per heavy atom. The highest BCUT2D eigenvalue weighted by atomic mass is 32.2. The SMILES string of the molecule is O=C1CN(CCc2ccccc2)C(=O)N1[C@H]1CCS(=O)(=O)C1. The number of urea groups is 1. The molecule has 1 aromatic rings. The van der Waals surface area contributed by atoms with E-state index in [1.54, 1.807) is 0 Å². The van der Waals surface area contributed by atoms with Crippen molar-refractivity contribution in [2.24, 2.45) is 0 Å². The van der Waals surface area contributed by atoms with E-state index in [9.17, 15) is 18.0 Å². The monoisotopic (exact) mass is 322 g/mol. The first kappa shape index (κ1) is 15.0. The summed E-state index contributed by atoms with van der Waals surface area (Å²) in [4.78, 5) is 27.1. The molecule has 7 heteroatoms. The fourth-order valence-electron chi connectivity index (χ4n) is 2.99. The summed E-state index contributed by atoms with van der Waals surface area (Å²) in [5.74, 6) is -0.337. The van der Waals surface area contributed by atoms with E-state index < -0.39 is 15.9 Å². The second-order valence-corrected chi connectivity index (χ2v) is 7.99. The number of benzene rings is 1. The van der Waals surface area contributed by atoms with Gasteiger partial charge in [-0.1, -0.05) is 30.3 Å². The van der Waals surface area contributed by atoms with Gasteiger partial charge in [0.2, 0.25) is 0 Å². The van der Waals surface area contributed by atoms with E-state index in [1.165, 1.54) is 4.90 Å². The molecule has 2 aliphatic rings. The van der Waals surface area contributed by atoms with Gasteiger partial charge in [-0.15, -0.1) is 0 Å². The molecule has 2 heterocycles. The predicted octanol–water partition coefficient (Wildman–Crippen LogP) is 0.680. The van der Waals surface area contributed by atoms with Crippen LogP contribution >= 0.6 is 0 Å². The van der Waals surface area contributed by atoms with E-state index >= 15 is 0 Å². The molecule has 6 nitrogen and oxygen atoms in total. The molecule has 118 valence electrons. The number of carbonyl (C=O) groups is 2. The van der Waals surface area contributed by atoms with Gasteiger partial charge in [-0.2, -0.15) is 0 Å². The minimum Gasteiger partial charge on any atom is -0.315 e. The number of hydrogen-bond donors (Lipinski definition) is 0. The average molecular weight is 322 g/mol. The quantitative estimate of drug-likeness (QED) is 0.764. The summed E-state index contributed by atoms with van der Waals surface area (Å²) in [7, 11) is -3.12. The van der Waals surface area contributed by atoms with E-state index in [2.05, 4.69) is 0 Å². The topological polar surface area (TPSA) is 74.8 Å². The van der Waals surface area contributed by atoms with Crippen molar-refractivity contribution < 1.29 is 18.0 Å². The Hall–Kier alpha value is -1.89. The van der Waals surface area contributed by atoms with Gasteiger partial charge in [-0.25, -0.2) is 13.2 Å². The summed E-state index contributed by atoms with van der Waals surface area (Å²) < 4.78 is 23.1. The van der Waals surface area contributed by atoms with Crippen molar-refractivity contribution in [2.75, 3.05) is 24.6 Å². The number of hydrogen-bond acceptors (Lipinski definition) is 4. The second-order valence-electron chi connectivity index (χ2n) is 5.76. The van der Waals surface area contributed by atoms with Crippen LogP contribution in [0.4, 0.5) is 4.79 Å². The fraction of sp³-hybridized carbons (Fsp3) is 0.467. The Kier molecular flexibility index (Phi) is 3.90. The Morgan fingerprint density at radius 3 is 2.50 bits per heavy atom. The summed E-state index contributed by atoms with van der Waals surface area (Å²) in [6.45, 7) is 0.507. The van der Waals surface area contributed by atoms with Gasteiger partial charge >= 0.3 is 6.03 Å². The Balaban J connectivity index is 1.64. The molecule has 2 aliphatic heterocycles. The van der Waals surface area contributed by atoms with Gasteiger partial charge in [-0.3, -0.25) is 9.69 Å². The molecule has 0 spiro atoms. The number of sulfone groups is 1. The lowest BCUT2D eigenvalue weighted by Gasteiger charge is -2.21. The predicted molar refractivity (Wildman–Crippen MR) is 81.0 cm³/mol. The van der Waals surface area contributed by atoms with Crippen molar-refractivity contribution in [2.45, 2.75) is 18.9 Å². The van der Waals surface area contributed by atoms with Crippen LogP contribution < -0.4 is 0 Å². The molecule has 2 saturated heterocycles. The zero-order chi connectivity index (χ0) is 15.7. The Labute approximate surface area is 129 Å². The van der Waals surface area contributed by atoms with Crippen molar-refractivity contribution in [1.29, 1.82) is 0 Å². The van der Waals surface area contributed by atoms with Crippen LogP contribution in [0, 0.1) is 0 Å². The van der Waals surface area contributed by atoms with Crippen LogP contribution in [-0.2, 0) is 21.1 Å². The van der Waals surface area contributed by atoms with Gasteiger partial charge in [0.25, 0.3) is 5.91 Å². The maximum Gasteiger partial charge on any atom is 0.327 e. The van der Waals surface area contributed by atoms with Crippen molar-refractivity contribution in [3.63, 3.8) is 0 Å². The van der Waals surface area contributed by atoms with Crippen LogP contribution in [0.15, 0.2) is 30.3 Å². The van der Waals surface area contributed by atoms with E-state index in [1.807, 2.05) is 30.3 Å². The molecular formula is C15H18N2O4S. The Morgan fingerprint density at radius 2 is 1.86 bits per heavy atom. The summed E-state index contributed by atoms with van der Waals surface area (Å²) in [6.07, 6.45) is 1.03. The fourth-order valence-corrected chi connectivity index (χ4v) is 4.69. The molecule has 1 aromatic carbocycles. The molecular weight excluding hydrogens is 304 g/mol. The highest BCUT2D eigenvalue weighted by Crippen LogP contribution is 2.23. The second kappa shape index (κ2) is 5.72. The first-order valence-electron chi connectivity index (χ1n) is 7.31. The summed E-state index contributed by atoms with van der Waals surface area (Å²) in [5.41, 5.74) is 1.10. The molecule has 1 atom stereocenters. The number of rotatable bonds is 4. The van der Waals surface area contributed by atoms with Crippen LogP contribution in [0.3, 0.4) is 0 Å². The first-order valence-corrected chi connectivity index (χ1v) is 9.14. The normalized spacial score (nSPS) is 24.3. The molecule has 0 aliphatic carbocycles. The number of nitrogens with zero attached hydrogens (tertiary/aromatic N) is 2. The molecule has 0 radical (unpaired) electrons. The summed E-state index contributed by atoms with van der Waals surface area (Å²) in [5, 5.41) is 0. The molecule has 0 unspecified atom stereocenters. The van der Waals surface area contributed by atoms with Crippen LogP contribution in [0.1, 0.15) is 12.0 Å². The van der Waals surface area contributed by atoms with Crippen LogP contribution in [0.5, 0.6) is 0 Å². The summed E-state index contributed by atoms with van der Waals surface area (Å²) >= 11 is 0. The molecule has 2 fully saturated rings. The van der Waals surface area contributed by atoms with Crippen LogP contribution in [-0.4, -0.2) is 60.8 Å². The first-order chi connectivity index (χ1) is 10.5. The molecule has 0 N–H and O–H groups in total. The molecule has 0 bridgehead atoms. The average Bonchev–Trinajstić information content (AvgIpc) is 2.97. The van der Waals surface area contributed by atoms with Gasteiger partial charge < -0.3 is 4.90 Å². The third-order valence-corrected chi connectivity index (χ3v) is 5.91. The standard InChI is InChI=1S/C15H18N2O4S/c18-14-10-16(8-6-12-4-2-1-3-5-12)15(19)17(14)13-7-9-22(20,21)11-13/h1-5,13H,6-11H2/t13-/m0/s1. The molecule has 22 heavy (non-hydrogen) atoms. The largest absolute Gasteiger partial charge is 0.327 e. The van der Waals surface area contributed by atoms with Crippen LogP contribution in [0.25, 0.3) is 0 Å². The van der Waals surface area contributed by atoms with Gasteiger partial charge in [-0.05, 0) is 18.4 Å². The molecule has 0 aromatic heterocycles. The molecule has 3 amide bonds. The smallest absolute Gasteiger partial charge is 0.315 e.